The summed E-state index contributed by atoms with van der Waals surface area (Å²) in [6, 6.07) is 14.5. The summed E-state index contributed by atoms with van der Waals surface area (Å²) in [6.07, 6.45) is -0.571. The first kappa shape index (κ1) is 23.6. The van der Waals surface area contributed by atoms with Crippen molar-refractivity contribution in [3.8, 4) is 11.1 Å². The minimum absolute atomic E-state index is 0.0862. The number of hydrogen-bond acceptors (Lipinski definition) is 5. The Labute approximate surface area is 198 Å². The van der Waals surface area contributed by atoms with Crippen LogP contribution >= 0.6 is 0 Å². The van der Waals surface area contributed by atoms with Crippen molar-refractivity contribution in [3.63, 3.8) is 0 Å². The molecular formula is C26H30N2O6. The van der Waals surface area contributed by atoms with Crippen molar-refractivity contribution >= 4 is 18.2 Å². The van der Waals surface area contributed by atoms with Gasteiger partial charge < -0.3 is 19.9 Å². The van der Waals surface area contributed by atoms with Gasteiger partial charge in [0.1, 0.15) is 18.2 Å². The number of carboxylic acids is 1. The fourth-order valence-corrected chi connectivity index (χ4v) is 4.79. The molecule has 1 aliphatic heterocycles. The molecule has 2 aliphatic rings. The van der Waals surface area contributed by atoms with E-state index in [4.69, 9.17) is 9.47 Å². The lowest BCUT2D eigenvalue weighted by molar-refractivity contribution is -0.142. The summed E-state index contributed by atoms with van der Waals surface area (Å²) in [7, 11) is 0. The number of carbonyl (C=O) groups excluding carboxylic acids is 2. The first-order valence-electron chi connectivity index (χ1n) is 11.5. The van der Waals surface area contributed by atoms with Gasteiger partial charge >= 0.3 is 18.2 Å². The minimum atomic E-state index is -1.09. The zero-order chi connectivity index (χ0) is 24.5. The van der Waals surface area contributed by atoms with Gasteiger partial charge in [-0.1, -0.05) is 48.5 Å². The van der Waals surface area contributed by atoms with Crippen molar-refractivity contribution in [1.29, 1.82) is 0 Å². The average Bonchev–Trinajstić information content (AvgIpc) is 3.35. The molecule has 180 valence electrons. The average molecular weight is 467 g/mol. The monoisotopic (exact) mass is 466 g/mol. The number of carboxylic acid groups (broad SMARTS) is 1. The summed E-state index contributed by atoms with van der Waals surface area (Å²) in [4.78, 5) is 38.2. The van der Waals surface area contributed by atoms with Gasteiger partial charge in [-0.05, 0) is 55.9 Å². The Morgan fingerprint density at radius 3 is 2.15 bits per heavy atom. The highest BCUT2D eigenvalue weighted by atomic mass is 16.6. The molecular weight excluding hydrogens is 436 g/mol. The minimum Gasteiger partial charge on any atom is -0.480 e. The van der Waals surface area contributed by atoms with Crippen LogP contribution in [0.1, 0.15) is 50.7 Å². The van der Waals surface area contributed by atoms with Crippen LogP contribution in [0, 0.1) is 0 Å². The Morgan fingerprint density at radius 2 is 1.59 bits per heavy atom. The van der Waals surface area contributed by atoms with Crippen LogP contribution in [0.5, 0.6) is 0 Å². The van der Waals surface area contributed by atoms with Gasteiger partial charge in [0.2, 0.25) is 0 Å². The second-order valence-corrected chi connectivity index (χ2v) is 9.68. The second kappa shape index (κ2) is 9.37. The number of ether oxygens (including phenoxy) is 2. The number of aliphatic carboxylic acids is 1. The van der Waals surface area contributed by atoms with E-state index in [1.54, 1.807) is 20.8 Å². The second-order valence-electron chi connectivity index (χ2n) is 9.68. The molecule has 2 aromatic carbocycles. The summed E-state index contributed by atoms with van der Waals surface area (Å²) in [5.41, 5.74) is 3.73. The molecule has 1 fully saturated rings. The molecule has 2 N–H and O–H groups in total. The molecule has 0 bridgehead atoms. The predicted molar refractivity (Wildman–Crippen MR) is 126 cm³/mol. The third-order valence-electron chi connectivity index (χ3n) is 6.22. The molecule has 0 spiro atoms. The molecule has 0 radical (unpaired) electrons. The maximum atomic E-state index is 13.1. The first-order valence-corrected chi connectivity index (χ1v) is 11.5. The van der Waals surface area contributed by atoms with Crippen LogP contribution in [-0.4, -0.2) is 59.0 Å². The highest BCUT2D eigenvalue weighted by Crippen LogP contribution is 2.44. The summed E-state index contributed by atoms with van der Waals surface area (Å²) in [5.74, 6) is -1.21. The number of nitrogens with one attached hydrogen (secondary N) is 1. The fraction of sp³-hybridized carbons (Fsp3) is 0.423. The highest BCUT2D eigenvalue weighted by Gasteiger charge is 2.42. The molecule has 1 aliphatic carbocycles. The number of amides is 2. The van der Waals surface area contributed by atoms with E-state index in [-0.39, 0.29) is 19.1 Å². The number of nitrogens with zero attached hydrogens (tertiary/aromatic N) is 1. The van der Waals surface area contributed by atoms with Crippen molar-refractivity contribution in [2.24, 2.45) is 0 Å². The number of fused-ring (bicyclic) bond motifs is 3. The molecule has 2 amide bonds. The van der Waals surface area contributed by atoms with Crippen molar-refractivity contribution in [2.75, 3.05) is 13.2 Å². The van der Waals surface area contributed by atoms with E-state index < -0.39 is 35.8 Å². The molecule has 8 heteroatoms. The smallest absolute Gasteiger partial charge is 0.410 e. The summed E-state index contributed by atoms with van der Waals surface area (Å²) in [6.45, 7) is 5.45. The van der Waals surface area contributed by atoms with E-state index in [0.717, 1.165) is 22.3 Å². The Kier molecular flexibility index (Phi) is 6.50. The van der Waals surface area contributed by atoms with Gasteiger partial charge in [-0.15, -0.1) is 0 Å². The summed E-state index contributed by atoms with van der Waals surface area (Å²) in [5, 5.41) is 12.3. The zero-order valence-corrected chi connectivity index (χ0v) is 19.6. The van der Waals surface area contributed by atoms with Crippen LogP contribution in [0.3, 0.4) is 0 Å². The molecule has 0 saturated carbocycles. The standard InChI is InChI=1S/C26H30N2O6/c1-26(2,3)34-24(31)27-14-16-12-13-22(23(29)30)28(16)25(32)33-15-21-19-10-6-4-8-17(19)18-9-5-7-11-20(18)21/h4-11,16,21-22H,12-15H2,1-3H3,(H,27,31)(H,29,30)/t16-,22-/m0/s1. The van der Waals surface area contributed by atoms with Crippen molar-refractivity contribution in [1.82, 2.24) is 10.2 Å². The Hall–Kier alpha value is -3.55. The molecule has 34 heavy (non-hydrogen) atoms. The lowest BCUT2D eigenvalue weighted by Crippen LogP contribution is -2.49. The normalized spacial score (nSPS) is 19.3. The van der Waals surface area contributed by atoms with Crippen LogP contribution in [0.15, 0.2) is 48.5 Å². The first-order chi connectivity index (χ1) is 16.2. The Morgan fingerprint density at radius 1 is 1.00 bits per heavy atom. The van der Waals surface area contributed by atoms with Crippen LogP contribution in [0.2, 0.25) is 0 Å². The molecule has 1 heterocycles. The fourth-order valence-electron chi connectivity index (χ4n) is 4.79. The maximum absolute atomic E-state index is 13.1. The quantitative estimate of drug-likeness (QED) is 0.678. The summed E-state index contributed by atoms with van der Waals surface area (Å²) < 4.78 is 10.9. The van der Waals surface area contributed by atoms with Gasteiger partial charge in [0.15, 0.2) is 0 Å². The highest BCUT2D eigenvalue weighted by molar-refractivity contribution is 5.82. The van der Waals surface area contributed by atoms with E-state index in [1.807, 2.05) is 36.4 Å². The van der Waals surface area contributed by atoms with Gasteiger partial charge in [0.05, 0.1) is 6.04 Å². The SMILES string of the molecule is CC(C)(C)OC(=O)NC[C@@H]1CC[C@@H](C(=O)O)N1C(=O)OCC1c2ccccc2-c2ccccc21. The third kappa shape index (κ3) is 4.85. The van der Waals surface area contributed by atoms with Gasteiger partial charge in [-0.2, -0.15) is 0 Å². The third-order valence-corrected chi connectivity index (χ3v) is 6.22. The zero-order valence-electron chi connectivity index (χ0n) is 19.6. The molecule has 1 saturated heterocycles. The van der Waals surface area contributed by atoms with Crippen LogP contribution < -0.4 is 5.32 Å². The van der Waals surface area contributed by atoms with Crippen molar-refractivity contribution in [3.05, 3.63) is 59.7 Å². The molecule has 2 atom stereocenters. The number of alkyl carbamates (subject to hydrolysis) is 1. The van der Waals surface area contributed by atoms with E-state index in [9.17, 15) is 19.5 Å². The van der Waals surface area contributed by atoms with Gasteiger partial charge in [-0.3, -0.25) is 4.90 Å². The molecule has 4 rings (SSSR count). The molecule has 0 aromatic heterocycles. The van der Waals surface area contributed by atoms with Crippen molar-refractivity contribution < 1.29 is 29.0 Å². The topological polar surface area (TPSA) is 105 Å². The maximum Gasteiger partial charge on any atom is 0.410 e. The van der Waals surface area contributed by atoms with Gasteiger partial charge in [0, 0.05) is 12.5 Å². The largest absolute Gasteiger partial charge is 0.480 e. The van der Waals surface area contributed by atoms with Crippen molar-refractivity contribution in [2.45, 2.75) is 57.2 Å². The number of benzene rings is 2. The number of hydrogen-bond donors (Lipinski definition) is 2. The summed E-state index contributed by atoms with van der Waals surface area (Å²) >= 11 is 0. The van der Waals surface area contributed by atoms with E-state index >= 15 is 0 Å². The predicted octanol–water partition coefficient (Wildman–Crippen LogP) is 4.38. The van der Waals surface area contributed by atoms with Gasteiger partial charge in [-0.25, -0.2) is 14.4 Å². The van der Waals surface area contributed by atoms with Crippen LogP contribution in [0.4, 0.5) is 9.59 Å². The lowest BCUT2D eigenvalue weighted by atomic mass is 9.98. The van der Waals surface area contributed by atoms with E-state index in [2.05, 4.69) is 17.4 Å². The number of likely N-dealkylation sites (tertiary alicyclic amines) is 1. The molecule has 2 aromatic rings. The molecule has 8 nitrogen and oxygen atoms in total. The number of rotatable bonds is 5. The Balaban J connectivity index is 1.46. The molecule has 0 unspecified atom stereocenters. The van der Waals surface area contributed by atoms with Crippen LogP contribution in [-0.2, 0) is 14.3 Å². The van der Waals surface area contributed by atoms with Crippen LogP contribution in [0.25, 0.3) is 11.1 Å². The lowest BCUT2D eigenvalue weighted by Gasteiger charge is -2.29. The number of carbonyl (C=O) groups is 3. The van der Waals surface area contributed by atoms with Gasteiger partial charge in [0.25, 0.3) is 0 Å². The van der Waals surface area contributed by atoms with E-state index in [0.29, 0.717) is 12.8 Å². The Bertz CT molecular complexity index is 1050. The van der Waals surface area contributed by atoms with E-state index in [1.165, 1.54) is 4.90 Å².